The summed E-state index contributed by atoms with van der Waals surface area (Å²) in [7, 11) is 0. The number of imidazole rings is 1. The third-order valence-corrected chi connectivity index (χ3v) is 3.37. The molecule has 0 amide bonds. The van der Waals surface area contributed by atoms with Gasteiger partial charge in [0, 0.05) is 10.0 Å². The van der Waals surface area contributed by atoms with Gasteiger partial charge < -0.3 is 5.11 Å². The third-order valence-electron chi connectivity index (χ3n) is 2.84. The van der Waals surface area contributed by atoms with Gasteiger partial charge in [-0.1, -0.05) is 28.1 Å². The number of rotatable bonds is 3. The van der Waals surface area contributed by atoms with Gasteiger partial charge in [0.15, 0.2) is 5.65 Å². The first-order chi connectivity index (χ1) is 9.61. The average molecular weight is 332 g/mol. The fourth-order valence-electron chi connectivity index (χ4n) is 1.95. The van der Waals surface area contributed by atoms with Crippen molar-refractivity contribution in [1.29, 1.82) is 0 Å². The van der Waals surface area contributed by atoms with E-state index < -0.39 is 5.97 Å². The Bertz CT molecular complexity index is 781. The van der Waals surface area contributed by atoms with Crippen LogP contribution in [0.15, 0.2) is 47.1 Å². The molecular formula is C14H10BrN3O2. The lowest BCUT2D eigenvalue weighted by Crippen LogP contribution is -1.99. The monoisotopic (exact) mass is 331 g/mol. The van der Waals surface area contributed by atoms with Gasteiger partial charge >= 0.3 is 5.97 Å². The van der Waals surface area contributed by atoms with Crippen LogP contribution in [0, 0.1) is 0 Å². The molecule has 0 atom stereocenters. The number of halogens is 1. The lowest BCUT2D eigenvalue weighted by Gasteiger charge is -2.01. The molecule has 2 heterocycles. The molecule has 20 heavy (non-hydrogen) atoms. The van der Waals surface area contributed by atoms with E-state index in [1.54, 1.807) is 10.7 Å². The van der Waals surface area contributed by atoms with Gasteiger partial charge in [0.05, 0.1) is 24.0 Å². The number of aliphatic carboxylic acids is 1. The molecule has 0 fully saturated rings. The van der Waals surface area contributed by atoms with Crippen molar-refractivity contribution in [3.8, 4) is 11.3 Å². The summed E-state index contributed by atoms with van der Waals surface area (Å²) < 4.78 is 2.61. The lowest BCUT2D eigenvalue weighted by molar-refractivity contribution is -0.136. The minimum atomic E-state index is -0.901. The quantitative estimate of drug-likeness (QED) is 0.801. The maximum Gasteiger partial charge on any atom is 0.309 e. The predicted molar refractivity (Wildman–Crippen MR) is 77.5 cm³/mol. The zero-order chi connectivity index (χ0) is 14.1. The third kappa shape index (κ3) is 2.55. The van der Waals surface area contributed by atoms with Gasteiger partial charge in [0.2, 0.25) is 0 Å². The van der Waals surface area contributed by atoms with Crippen molar-refractivity contribution in [2.24, 2.45) is 0 Å². The molecule has 2 aromatic heterocycles. The number of nitrogens with zero attached hydrogens (tertiary/aromatic N) is 3. The smallest absolute Gasteiger partial charge is 0.309 e. The molecule has 0 aliphatic carbocycles. The van der Waals surface area contributed by atoms with Gasteiger partial charge in [-0.25, -0.2) is 9.50 Å². The second-order valence-corrected chi connectivity index (χ2v) is 5.25. The van der Waals surface area contributed by atoms with Gasteiger partial charge in [0.1, 0.15) is 0 Å². The number of carboxylic acids is 1. The average Bonchev–Trinajstić information content (AvgIpc) is 2.79. The summed E-state index contributed by atoms with van der Waals surface area (Å²) in [6, 6.07) is 11.5. The van der Waals surface area contributed by atoms with Gasteiger partial charge in [0.25, 0.3) is 0 Å². The van der Waals surface area contributed by atoms with E-state index >= 15 is 0 Å². The Morgan fingerprint density at radius 2 is 1.95 bits per heavy atom. The highest BCUT2D eigenvalue weighted by Crippen LogP contribution is 2.20. The molecule has 1 N–H and O–H groups in total. The van der Waals surface area contributed by atoms with Crippen LogP contribution in [-0.4, -0.2) is 25.7 Å². The molecular weight excluding hydrogens is 322 g/mol. The molecule has 0 aliphatic heterocycles. The SMILES string of the molecule is O=C(O)Cc1cn2nc(-c3ccc(Br)cc3)ccc2n1. The molecule has 0 bridgehead atoms. The Morgan fingerprint density at radius 1 is 1.20 bits per heavy atom. The Kier molecular flexibility index (Phi) is 3.23. The number of fused-ring (bicyclic) bond motifs is 1. The van der Waals surface area contributed by atoms with Crippen LogP contribution in [0.25, 0.3) is 16.9 Å². The van der Waals surface area contributed by atoms with Crippen molar-refractivity contribution >= 4 is 27.5 Å². The van der Waals surface area contributed by atoms with Crippen LogP contribution < -0.4 is 0 Å². The van der Waals surface area contributed by atoms with Gasteiger partial charge in [-0.2, -0.15) is 5.10 Å². The van der Waals surface area contributed by atoms with Crippen molar-refractivity contribution in [3.63, 3.8) is 0 Å². The van der Waals surface area contributed by atoms with Crippen LogP contribution in [0.5, 0.6) is 0 Å². The minimum Gasteiger partial charge on any atom is -0.481 e. The molecule has 100 valence electrons. The zero-order valence-corrected chi connectivity index (χ0v) is 11.9. The van der Waals surface area contributed by atoms with Crippen molar-refractivity contribution in [2.45, 2.75) is 6.42 Å². The molecule has 0 radical (unpaired) electrons. The Hall–Kier alpha value is -2.21. The van der Waals surface area contributed by atoms with E-state index in [0.717, 1.165) is 15.7 Å². The highest BCUT2D eigenvalue weighted by Gasteiger charge is 2.08. The Labute approximate surface area is 123 Å². The first-order valence-electron chi connectivity index (χ1n) is 5.95. The molecule has 3 aromatic rings. The Balaban J connectivity index is 2.01. The van der Waals surface area contributed by atoms with Crippen LogP contribution in [-0.2, 0) is 11.2 Å². The van der Waals surface area contributed by atoms with Crippen molar-refractivity contribution in [3.05, 3.63) is 52.8 Å². The fraction of sp³-hybridized carbons (Fsp3) is 0.0714. The molecule has 5 nitrogen and oxygen atoms in total. The summed E-state index contributed by atoms with van der Waals surface area (Å²) >= 11 is 3.39. The zero-order valence-electron chi connectivity index (χ0n) is 10.3. The number of aromatic nitrogens is 3. The maximum atomic E-state index is 10.7. The topological polar surface area (TPSA) is 67.5 Å². The first kappa shape index (κ1) is 12.8. The second kappa shape index (κ2) is 5.05. The molecule has 0 aliphatic rings. The summed E-state index contributed by atoms with van der Waals surface area (Å²) in [5.74, 6) is -0.901. The van der Waals surface area contributed by atoms with Gasteiger partial charge in [-0.15, -0.1) is 0 Å². The highest BCUT2D eigenvalue weighted by molar-refractivity contribution is 9.10. The van der Waals surface area contributed by atoms with Gasteiger partial charge in [-0.3, -0.25) is 4.79 Å². The van der Waals surface area contributed by atoms with Crippen LogP contribution in [0.3, 0.4) is 0 Å². The highest BCUT2D eigenvalue weighted by atomic mass is 79.9. The predicted octanol–water partition coefficient (Wildman–Crippen LogP) is 2.79. The summed E-state index contributed by atoms with van der Waals surface area (Å²) in [6.45, 7) is 0. The van der Waals surface area contributed by atoms with E-state index in [1.807, 2.05) is 36.4 Å². The number of carbonyl (C=O) groups is 1. The minimum absolute atomic E-state index is 0.100. The van der Waals surface area contributed by atoms with E-state index in [9.17, 15) is 4.79 Å². The van der Waals surface area contributed by atoms with E-state index in [4.69, 9.17) is 5.11 Å². The van der Waals surface area contributed by atoms with Crippen LogP contribution in [0.2, 0.25) is 0 Å². The van der Waals surface area contributed by atoms with E-state index in [-0.39, 0.29) is 6.42 Å². The summed E-state index contributed by atoms with van der Waals surface area (Å²) in [5, 5.41) is 13.2. The first-order valence-corrected chi connectivity index (χ1v) is 6.74. The molecule has 0 spiro atoms. The van der Waals surface area contributed by atoms with E-state index in [2.05, 4.69) is 26.0 Å². The second-order valence-electron chi connectivity index (χ2n) is 4.33. The largest absolute Gasteiger partial charge is 0.481 e. The lowest BCUT2D eigenvalue weighted by atomic mass is 10.1. The summed E-state index contributed by atoms with van der Waals surface area (Å²) in [6.07, 6.45) is 1.54. The molecule has 6 heteroatoms. The fourth-order valence-corrected chi connectivity index (χ4v) is 2.21. The van der Waals surface area contributed by atoms with E-state index in [0.29, 0.717) is 11.3 Å². The number of benzene rings is 1. The van der Waals surface area contributed by atoms with E-state index in [1.165, 1.54) is 0 Å². The van der Waals surface area contributed by atoms with Crippen molar-refractivity contribution < 1.29 is 9.90 Å². The normalized spacial score (nSPS) is 10.8. The number of hydrogen-bond donors (Lipinski definition) is 1. The number of hydrogen-bond acceptors (Lipinski definition) is 3. The van der Waals surface area contributed by atoms with Crippen LogP contribution in [0.1, 0.15) is 5.69 Å². The van der Waals surface area contributed by atoms with Gasteiger partial charge in [-0.05, 0) is 24.3 Å². The number of carboxylic acid groups (broad SMARTS) is 1. The summed E-state index contributed by atoms with van der Waals surface area (Å²) in [4.78, 5) is 14.9. The van der Waals surface area contributed by atoms with Crippen LogP contribution in [0.4, 0.5) is 0 Å². The maximum absolute atomic E-state index is 10.7. The molecule has 0 unspecified atom stereocenters. The van der Waals surface area contributed by atoms with Crippen molar-refractivity contribution in [2.75, 3.05) is 0 Å². The van der Waals surface area contributed by atoms with Crippen LogP contribution >= 0.6 is 15.9 Å². The summed E-state index contributed by atoms with van der Waals surface area (Å²) in [5.41, 5.74) is 2.94. The molecule has 3 rings (SSSR count). The molecule has 0 saturated heterocycles. The Morgan fingerprint density at radius 3 is 2.65 bits per heavy atom. The molecule has 0 saturated carbocycles. The standard InChI is InChI=1S/C14H10BrN3O2/c15-10-3-1-9(2-4-10)12-5-6-13-16-11(7-14(19)20)8-18(13)17-12/h1-6,8H,7H2,(H,19,20). The molecule has 1 aromatic carbocycles. The van der Waals surface area contributed by atoms with Crippen molar-refractivity contribution in [1.82, 2.24) is 14.6 Å².